The molecule has 1 atom stereocenters. The fourth-order valence-electron chi connectivity index (χ4n) is 1.89. The highest BCUT2D eigenvalue weighted by Crippen LogP contribution is 2.39. The van der Waals surface area contributed by atoms with Gasteiger partial charge in [-0.2, -0.15) is 0 Å². The number of fused-ring (bicyclic) bond motifs is 1. The quantitative estimate of drug-likeness (QED) is 0.807. The van der Waals surface area contributed by atoms with Gasteiger partial charge in [0.05, 0.1) is 6.10 Å². The van der Waals surface area contributed by atoms with E-state index in [9.17, 15) is 5.11 Å². The molecule has 1 aromatic carbocycles. The van der Waals surface area contributed by atoms with Crippen molar-refractivity contribution in [2.24, 2.45) is 0 Å². The summed E-state index contributed by atoms with van der Waals surface area (Å²) >= 11 is 0. The largest absolute Gasteiger partial charge is 0.454 e. The van der Waals surface area contributed by atoms with Gasteiger partial charge in [0.25, 0.3) is 0 Å². The molecule has 0 aromatic heterocycles. The fraction of sp³-hybridized carbons (Fsp3) is 0.500. The first-order valence-electron chi connectivity index (χ1n) is 5.16. The van der Waals surface area contributed by atoms with E-state index in [1.807, 2.05) is 13.0 Å². The third-order valence-electron chi connectivity index (χ3n) is 2.81. The lowest BCUT2D eigenvalue weighted by Crippen LogP contribution is -2.07. The van der Waals surface area contributed by atoms with E-state index in [2.05, 4.69) is 6.92 Å². The number of hydrogen-bond acceptors (Lipinski definition) is 3. The third kappa shape index (κ3) is 1.79. The molecule has 0 amide bonds. The highest BCUT2D eigenvalue weighted by Gasteiger charge is 2.21. The van der Waals surface area contributed by atoms with Crippen LogP contribution in [0.4, 0.5) is 0 Å². The van der Waals surface area contributed by atoms with E-state index in [1.54, 1.807) is 6.92 Å². The zero-order chi connectivity index (χ0) is 11.0. The molecule has 2 rings (SSSR count). The number of rotatable bonds is 2. The summed E-state index contributed by atoms with van der Waals surface area (Å²) in [6.45, 7) is 6.16. The van der Waals surface area contributed by atoms with Crippen LogP contribution < -0.4 is 9.47 Å². The van der Waals surface area contributed by atoms with Crippen molar-refractivity contribution in [2.45, 2.75) is 33.3 Å². The average molecular weight is 208 g/mol. The summed E-state index contributed by atoms with van der Waals surface area (Å²) in [4.78, 5) is 0. The van der Waals surface area contributed by atoms with E-state index in [0.29, 0.717) is 6.42 Å². The monoisotopic (exact) mass is 208 g/mol. The van der Waals surface area contributed by atoms with Crippen LogP contribution in [0.2, 0.25) is 0 Å². The first-order chi connectivity index (χ1) is 7.09. The van der Waals surface area contributed by atoms with E-state index in [-0.39, 0.29) is 12.9 Å². The Bertz CT molecular complexity index is 383. The Kier molecular flexibility index (Phi) is 2.57. The zero-order valence-electron chi connectivity index (χ0n) is 9.33. The summed E-state index contributed by atoms with van der Waals surface area (Å²) in [5.41, 5.74) is 3.42. The highest BCUT2D eigenvalue weighted by molar-refractivity contribution is 5.55. The number of aliphatic hydroxyl groups excluding tert-OH is 1. The van der Waals surface area contributed by atoms with Gasteiger partial charge in [-0.25, -0.2) is 0 Å². The maximum Gasteiger partial charge on any atom is 0.231 e. The molecule has 1 aliphatic rings. The van der Waals surface area contributed by atoms with Crippen LogP contribution in [0.5, 0.6) is 11.5 Å². The molecule has 0 aliphatic carbocycles. The Morgan fingerprint density at radius 2 is 2.13 bits per heavy atom. The first kappa shape index (κ1) is 10.3. The second kappa shape index (κ2) is 3.74. The molecule has 0 spiro atoms. The molecule has 3 heteroatoms. The Balaban J connectivity index is 2.50. The predicted molar refractivity (Wildman–Crippen MR) is 57.4 cm³/mol. The summed E-state index contributed by atoms with van der Waals surface area (Å²) in [6, 6.07) is 1.99. The van der Waals surface area contributed by atoms with Gasteiger partial charge in [-0.05, 0) is 38.0 Å². The van der Waals surface area contributed by atoms with Gasteiger partial charge in [-0.15, -0.1) is 0 Å². The lowest BCUT2D eigenvalue weighted by molar-refractivity contribution is 0.169. The van der Waals surface area contributed by atoms with E-state index in [0.717, 1.165) is 17.1 Å². The molecule has 82 valence electrons. The predicted octanol–water partition coefficient (Wildman–Crippen LogP) is 1.96. The molecule has 0 radical (unpaired) electrons. The van der Waals surface area contributed by atoms with Gasteiger partial charge in [0, 0.05) is 12.0 Å². The first-order valence-corrected chi connectivity index (χ1v) is 5.16. The average Bonchev–Trinajstić information content (AvgIpc) is 2.59. The van der Waals surface area contributed by atoms with Gasteiger partial charge < -0.3 is 14.6 Å². The minimum atomic E-state index is -0.362. The zero-order valence-corrected chi connectivity index (χ0v) is 9.33. The summed E-state index contributed by atoms with van der Waals surface area (Å²) in [6.07, 6.45) is 0.248. The Morgan fingerprint density at radius 3 is 2.80 bits per heavy atom. The van der Waals surface area contributed by atoms with Crippen LogP contribution in [0.15, 0.2) is 6.07 Å². The van der Waals surface area contributed by atoms with E-state index in [1.165, 1.54) is 11.1 Å². The molecule has 0 saturated carbocycles. The van der Waals surface area contributed by atoms with Crippen molar-refractivity contribution in [1.29, 1.82) is 0 Å². The minimum Gasteiger partial charge on any atom is -0.454 e. The summed E-state index contributed by atoms with van der Waals surface area (Å²) < 4.78 is 10.8. The lowest BCUT2D eigenvalue weighted by atomic mass is 9.97. The lowest BCUT2D eigenvalue weighted by Gasteiger charge is -2.13. The molecule has 1 aliphatic heterocycles. The molecular formula is C12H16O3. The van der Waals surface area contributed by atoms with Crippen LogP contribution in [-0.2, 0) is 6.42 Å². The normalized spacial score (nSPS) is 15.5. The molecule has 1 unspecified atom stereocenters. The molecule has 0 bridgehead atoms. The van der Waals surface area contributed by atoms with Crippen molar-refractivity contribution in [1.82, 2.24) is 0 Å². The Labute approximate surface area is 89.6 Å². The third-order valence-corrected chi connectivity index (χ3v) is 2.81. The minimum absolute atomic E-state index is 0.283. The molecule has 0 saturated heterocycles. The number of ether oxygens (including phenoxy) is 2. The van der Waals surface area contributed by atoms with Gasteiger partial charge in [0.1, 0.15) is 0 Å². The Morgan fingerprint density at radius 1 is 1.40 bits per heavy atom. The van der Waals surface area contributed by atoms with Crippen molar-refractivity contribution in [3.8, 4) is 11.5 Å². The second-order valence-electron chi connectivity index (χ2n) is 4.08. The SMILES string of the molecule is Cc1cc2c(c(CC(C)O)c1C)OCO2. The van der Waals surface area contributed by atoms with Crippen LogP contribution in [0.25, 0.3) is 0 Å². The van der Waals surface area contributed by atoms with Crippen LogP contribution >= 0.6 is 0 Å². The van der Waals surface area contributed by atoms with Gasteiger partial charge in [0.2, 0.25) is 6.79 Å². The van der Waals surface area contributed by atoms with Gasteiger partial charge >= 0.3 is 0 Å². The van der Waals surface area contributed by atoms with Gasteiger partial charge in [-0.1, -0.05) is 0 Å². The topological polar surface area (TPSA) is 38.7 Å². The van der Waals surface area contributed by atoms with Crippen LogP contribution in [-0.4, -0.2) is 18.0 Å². The summed E-state index contributed by atoms with van der Waals surface area (Å²) in [7, 11) is 0. The molecular weight excluding hydrogens is 192 g/mol. The maximum atomic E-state index is 9.46. The maximum absolute atomic E-state index is 9.46. The van der Waals surface area contributed by atoms with Gasteiger partial charge in [0.15, 0.2) is 11.5 Å². The number of aliphatic hydroxyl groups is 1. The second-order valence-corrected chi connectivity index (χ2v) is 4.08. The fourth-order valence-corrected chi connectivity index (χ4v) is 1.89. The molecule has 1 aromatic rings. The van der Waals surface area contributed by atoms with E-state index in [4.69, 9.17) is 9.47 Å². The van der Waals surface area contributed by atoms with Crippen LogP contribution in [0, 0.1) is 13.8 Å². The summed E-state index contributed by atoms with van der Waals surface area (Å²) in [5.74, 6) is 1.60. The van der Waals surface area contributed by atoms with Crippen LogP contribution in [0.1, 0.15) is 23.6 Å². The smallest absolute Gasteiger partial charge is 0.231 e. The van der Waals surface area contributed by atoms with Crippen molar-refractivity contribution in [2.75, 3.05) is 6.79 Å². The van der Waals surface area contributed by atoms with Crippen molar-refractivity contribution < 1.29 is 14.6 Å². The van der Waals surface area contributed by atoms with E-state index < -0.39 is 0 Å². The number of aryl methyl sites for hydroxylation is 1. The van der Waals surface area contributed by atoms with Crippen molar-refractivity contribution in [3.05, 3.63) is 22.8 Å². The Hall–Kier alpha value is -1.22. The molecule has 15 heavy (non-hydrogen) atoms. The summed E-state index contributed by atoms with van der Waals surface area (Å²) in [5, 5.41) is 9.46. The molecule has 1 heterocycles. The van der Waals surface area contributed by atoms with Crippen molar-refractivity contribution in [3.63, 3.8) is 0 Å². The number of benzene rings is 1. The van der Waals surface area contributed by atoms with Crippen molar-refractivity contribution >= 4 is 0 Å². The van der Waals surface area contributed by atoms with E-state index >= 15 is 0 Å². The van der Waals surface area contributed by atoms with Gasteiger partial charge in [-0.3, -0.25) is 0 Å². The standard InChI is InChI=1S/C12H16O3/c1-7-4-11-12(15-6-14-11)10(9(7)3)5-8(2)13/h4,8,13H,5-6H2,1-3H3. The molecule has 1 N–H and O–H groups in total. The van der Waals surface area contributed by atoms with Crippen LogP contribution in [0.3, 0.4) is 0 Å². The molecule has 0 fully saturated rings. The highest BCUT2D eigenvalue weighted by atomic mass is 16.7. The molecule has 3 nitrogen and oxygen atoms in total. The number of hydrogen-bond donors (Lipinski definition) is 1.